The van der Waals surface area contributed by atoms with Crippen LogP contribution in [0.4, 0.5) is 0 Å². The first-order chi connectivity index (χ1) is 5.87. The van der Waals surface area contributed by atoms with Gasteiger partial charge in [0.25, 0.3) is 0 Å². The van der Waals surface area contributed by atoms with Crippen molar-refractivity contribution in [3.05, 3.63) is 12.3 Å². The van der Waals surface area contributed by atoms with Gasteiger partial charge in [-0.1, -0.05) is 6.58 Å². The molecule has 0 aromatic rings. The van der Waals surface area contributed by atoms with Crippen molar-refractivity contribution in [3.63, 3.8) is 0 Å². The van der Waals surface area contributed by atoms with Crippen molar-refractivity contribution in [1.29, 1.82) is 0 Å². The highest BCUT2D eigenvalue weighted by atomic mass is 16.7. The highest BCUT2D eigenvalue weighted by Crippen LogP contribution is 2.26. The first-order valence-electron chi connectivity index (χ1n) is 3.43. The number of ether oxygens (including phenoxy) is 1. The molecule has 0 aliphatic carbocycles. The Bertz CT molecular complexity index is 283. The molecule has 1 saturated heterocycles. The normalized spacial score (nSPS) is 34.2. The van der Waals surface area contributed by atoms with Crippen molar-refractivity contribution < 1.29 is 29.6 Å². The zero-order chi connectivity index (χ0) is 10.2. The van der Waals surface area contributed by atoms with E-state index in [4.69, 9.17) is 10.2 Å². The molecule has 0 radical (unpaired) electrons. The molecule has 13 heavy (non-hydrogen) atoms. The quantitative estimate of drug-likeness (QED) is 0.438. The van der Waals surface area contributed by atoms with Crippen LogP contribution in [0.15, 0.2) is 12.3 Å². The van der Waals surface area contributed by atoms with Gasteiger partial charge in [-0.15, -0.1) is 0 Å². The number of carboxylic acids is 1. The van der Waals surface area contributed by atoms with Crippen LogP contribution in [0.1, 0.15) is 6.42 Å². The van der Waals surface area contributed by atoms with Crippen LogP contribution in [0.3, 0.4) is 0 Å². The van der Waals surface area contributed by atoms with Gasteiger partial charge in [0.1, 0.15) is 6.10 Å². The van der Waals surface area contributed by atoms with Gasteiger partial charge in [0.05, 0.1) is 6.42 Å². The van der Waals surface area contributed by atoms with E-state index in [1.807, 2.05) is 0 Å². The van der Waals surface area contributed by atoms with Gasteiger partial charge in [0, 0.05) is 0 Å². The van der Waals surface area contributed by atoms with Crippen LogP contribution < -0.4 is 0 Å². The lowest BCUT2D eigenvalue weighted by molar-refractivity contribution is -0.227. The minimum Gasteiger partial charge on any atom is -0.476 e. The van der Waals surface area contributed by atoms with Crippen LogP contribution in [-0.4, -0.2) is 39.0 Å². The first-order valence-corrected chi connectivity index (χ1v) is 3.43. The molecule has 0 aromatic heterocycles. The average Bonchev–Trinajstić information content (AvgIpc) is 2.00. The smallest absolute Gasteiger partial charge is 0.377 e. The van der Waals surface area contributed by atoms with E-state index in [2.05, 4.69) is 11.3 Å². The van der Waals surface area contributed by atoms with Gasteiger partial charge in [-0.3, -0.25) is 4.79 Å². The van der Waals surface area contributed by atoms with Crippen molar-refractivity contribution >= 4 is 11.8 Å². The summed E-state index contributed by atoms with van der Waals surface area (Å²) >= 11 is 0. The van der Waals surface area contributed by atoms with E-state index in [1.165, 1.54) is 0 Å². The zero-order valence-electron chi connectivity index (χ0n) is 6.56. The number of carbonyl (C=O) groups excluding carboxylic acids is 1. The van der Waals surface area contributed by atoms with Crippen LogP contribution in [0.25, 0.3) is 0 Å². The predicted octanol–water partition coefficient (Wildman–Crippen LogP) is -1.38. The van der Waals surface area contributed by atoms with Crippen molar-refractivity contribution in [3.8, 4) is 0 Å². The van der Waals surface area contributed by atoms with Gasteiger partial charge in [0.15, 0.2) is 5.76 Å². The van der Waals surface area contributed by atoms with E-state index in [0.29, 0.717) is 0 Å². The van der Waals surface area contributed by atoms with Gasteiger partial charge in [0.2, 0.25) is 5.78 Å². The van der Waals surface area contributed by atoms with E-state index in [1.54, 1.807) is 0 Å². The lowest BCUT2D eigenvalue weighted by atomic mass is 10.0. The Morgan fingerprint density at radius 1 is 1.69 bits per heavy atom. The number of carbonyl (C=O) groups is 2. The number of carboxylic acid groups (broad SMARTS) is 1. The predicted molar refractivity (Wildman–Crippen MR) is 38.4 cm³/mol. The summed E-state index contributed by atoms with van der Waals surface area (Å²) < 4.78 is 4.37. The molecule has 72 valence electrons. The monoisotopic (exact) mass is 188 g/mol. The molecule has 1 aliphatic heterocycles. The van der Waals surface area contributed by atoms with E-state index < -0.39 is 35.8 Å². The van der Waals surface area contributed by atoms with E-state index in [-0.39, 0.29) is 0 Å². The zero-order valence-corrected chi connectivity index (χ0v) is 6.56. The first kappa shape index (κ1) is 9.69. The number of hydrogen-bond donors (Lipinski definition) is 3. The van der Waals surface area contributed by atoms with Crippen LogP contribution in [0.5, 0.6) is 0 Å². The fourth-order valence-corrected chi connectivity index (χ4v) is 0.967. The molecule has 1 rings (SSSR count). The number of aliphatic hydroxyl groups is 2. The van der Waals surface area contributed by atoms with Gasteiger partial charge in [-0.2, -0.15) is 0 Å². The minimum absolute atomic E-state index is 0.552. The summed E-state index contributed by atoms with van der Waals surface area (Å²) in [6.45, 7) is 3.07. The molecule has 0 amide bonds. The van der Waals surface area contributed by atoms with Crippen LogP contribution in [0, 0.1) is 0 Å². The maximum Gasteiger partial charge on any atom is 0.377 e. The van der Waals surface area contributed by atoms with E-state index >= 15 is 0 Å². The number of ketones is 1. The number of hydrogen-bond acceptors (Lipinski definition) is 5. The molecule has 0 bridgehead atoms. The Kier molecular flexibility index (Phi) is 2.10. The summed E-state index contributed by atoms with van der Waals surface area (Å²) in [6, 6.07) is 0. The Morgan fingerprint density at radius 2 is 2.23 bits per heavy atom. The van der Waals surface area contributed by atoms with Crippen molar-refractivity contribution in [2.24, 2.45) is 0 Å². The standard InChI is InChI=1S/C7H8O6/c1-3-5(9)4(8)2-7(12,13-3)6(10)11/h4,8,12H,1-2H2,(H,10,11)/t4-,7-/m1/s1. The Balaban J connectivity index is 2.91. The molecule has 0 saturated carbocycles. The molecule has 1 fully saturated rings. The largest absolute Gasteiger partial charge is 0.476 e. The Labute approximate surface area is 73.1 Å². The van der Waals surface area contributed by atoms with Gasteiger partial charge in [-0.05, 0) is 0 Å². The van der Waals surface area contributed by atoms with Crippen molar-refractivity contribution in [2.45, 2.75) is 18.3 Å². The topological polar surface area (TPSA) is 104 Å². The molecule has 2 atom stereocenters. The highest BCUT2D eigenvalue weighted by molar-refractivity contribution is 5.98. The summed E-state index contributed by atoms with van der Waals surface area (Å²) in [5, 5.41) is 26.7. The molecule has 3 N–H and O–H groups in total. The highest BCUT2D eigenvalue weighted by Gasteiger charge is 2.48. The number of rotatable bonds is 1. The number of aliphatic carboxylic acids is 1. The summed E-state index contributed by atoms with van der Waals surface area (Å²) in [6.07, 6.45) is -2.28. The second-order valence-corrected chi connectivity index (χ2v) is 2.70. The van der Waals surface area contributed by atoms with Gasteiger partial charge in [-0.25, -0.2) is 4.79 Å². The van der Waals surface area contributed by atoms with Gasteiger partial charge < -0.3 is 20.1 Å². The van der Waals surface area contributed by atoms with Gasteiger partial charge >= 0.3 is 11.8 Å². The summed E-state index contributed by atoms with van der Waals surface area (Å²) in [4.78, 5) is 21.3. The lowest BCUT2D eigenvalue weighted by Crippen LogP contribution is -2.50. The molecule has 0 unspecified atom stereocenters. The van der Waals surface area contributed by atoms with Crippen LogP contribution in [0.2, 0.25) is 0 Å². The van der Waals surface area contributed by atoms with Crippen LogP contribution in [-0.2, 0) is 14.3 Å². The Morgan fingerprint density at radius 3 is 2.62 bits per heavy atom. The molecular formula is C7H8O6. The fourth-order valence-electron chi connectivity index (χ4n) is 0.967. The number of Topliss-reactive ketones (excluding diaryl/α,β-unsaturated/α-hetero) is 1. The van der Waals surface area contributed by atoms with Crippen molar-refractivity contribution in [2.75, 3.05) is 0 Å². The average molecular weight is 188 g/mol. The second-order valence-electron chi connectivity index (χ2n) is 2.70. The third-order valence-corrected chi connectivity index (χ3v) is 1.67. The number of aliphatic hydroxyl groups excluding tert-OH is 1. The van der Waals surface area contributed by atoms with E-state index in [9.17, 15) is 14.7 Å². The molecule has 0 spiro atoms. The van der Waals surface area contributed by atoms with Crippen LogP contribution >= 0.6 is 0 Å². The molecule has 0 aromatic carbocycles. The molecule has 1 aliphatic rings. The third kappa shape index (κ3) is 1.53. The molecule has 6 heteroatoms. The lowest BCUT2D eigenvalue weighted by Gasteiger charge is -2.31. The maximum atomic E-state index is 10.9. The molecule has 6 nitrogen and oxygen atoms in total. The molecular weight excluding hydrogens is 180 g/mol. The summed E-state index contributed by atoms with van der Waals surface area (Å²) in [5.41, 5.74) is 0. The third-order valence-electron chi connectivity index (χ3n) is 1.67. The van der Waals surface area contributed by atoms with Crippen molar-refractivity contribution in [1.82, 2.24) is 0 Å². The van der Waals surface area contributed by atoms with E-state index in [0.717, 1.165) is 0 Å². The summed E-state index contributed by atoms with van der Waals surface area (Å²) in [7, 11) is 0. The minimum atomic E-state index is -2.55. The maximum absolute atomic E-state index is 10.9. The second kappa shape index (κ2) is 2.82. The molecule has 1 heterocycles. The Hall–Kier alpha value is -1.40. The summed E-state index contributed by atoms with van der Waals surface area (Å²) in [5.74, 6) is -5.58. The fraction of sp³-hybridized carbons (Fsp3) is 0.429. The SMILES string of the molecule is C=C1O[C@@](O)(C(=O)O)C[C@@H](O)C1=O.